The molecule has 0 fully saturated rings. The molecule has 0 aliphatic rings. The van der Waals surface area contributed by atoms with Gasteiger partial charge in [-0.2, -0.15) is 0 Å². The zero-order chi connectivity index (χ0) is 19.1. The minimum Gasteiger partial charge on any atom is -0.463 e. The molecule has 0 aliphatic carbocycles. The van der Waals surface area contributed by atoms with E-state index in [4.69, 9.17) is 23.7 Å². The zero-order valence-electron chi connectivity index (χ0n) is 16.5. The van der Waals surface area contributed by atoms with Crippen LogP contribution in [-0.4, -0.2) is 65.4 Å². The van der Waals surface area contributed by atoms with Crippen molar-refractivity contribution in [3.8, 4) is 0 Å². The van der Waals surface area contributed by atoms with Crippen molar-refractivity contribution in [3.05, 3.63) is 12.7 Å². The standard InChI is InChI=1S/C20H38O6/c1-3-5-6-7-8-9-10-20(21)26-19-18-25-17-16-24-15-14-23-13-12-22-11-4-2/h4H,2-3,5-19H2,1H3. The lowest BCUT2D eigenvalue weighted by molar-refractivity contribution is -0.145. The van der Waals surface area contributed by atoms with Crippen LogP contribution in [0.4, 0.5) is 0 Å². The molecule has 0 saturated heterocycles. The Balaban J connectivity index is 3.11. The van der Waals surface area contributed by atoms with Gasteiger partial charge in [0.2, 0.25) is 0 Å². The quantitative estimate of drug-likeness (QED) is 0.174. The molecular weight excluding hydrogens is 336 g/mol. The molecule has 6 heteroatoms. The average molecular weight is 375 g/mol. The third-order valence-electron chi connectivity index (χ3n) is 3.58. The molecule has 0 aromatic heterocycles. The van der Waals surface area contributed by atoms with E-state index < -0.39 is 0 Å². The molecule has 0 aromatic rings. The first-order valence-corrected chi connectivity index (χ1v) is 9.88. The van der Waals surface area contributed by atoms with Crippen molar-refractivity contribution in [1.29, 1.82) is 0 Å². The van der Waals surface area contributed by atoms with Gasteiger partial charge in [-0.3, -0.25) is 4.79 Å². The molecule has 0 aromatic carbocycles. The summed E-state index contributed by atoms with van der Waals surface area (Å²) in [5.74, 6) is -0.130. The SMILES string of the molecule is C=CCOCCOCCOCCOCCOC(=O)CCCCCCCC. The Morgan fingerprint density at radius 1 is 0.731 bits per heavy atom. The third-order valence-corrected chi connectivity index (χ3v) is 3.58. The highest BCUT2D eigenvalue weighted by molar-refractivity contribution is 5.69. The molecule has 0 radical (unpaired) electrons. The predicted octanol–water partition coefficient (Wildman–Crippen LogP) is 3.53. The van der Waals surface area contributed by atoms with Gasteiger partial charge in [-0.15, -0.1) is 6.58 Å². The number of hydrogen-bond acceptors (Lipinski definition) is 6. The Morgan fingerprint density at radius 2 is 1.23 bits per heavy atom. The highest BCUT2D eigenvalue weighted by Gasteiger charge is 2.02. The summed E-state index contributed by atoms with van der Waals surface area (Å²) in [5, 5.41) is 0. The molecule has 0 heterocycles. The van der Waals surface area contributed by atoms with Crippen LogP contribution in [-0.2, 0) is 28.5 Å². The largest absolute Gasteiger partial charge is 0.463 e. The highest BCUT2D eigenvalue weighted by Crippen LogP contribution is 2.07. The van der Waals surface area contributed by atoms with Crippen molar-refractivity contribution in [2.24, 2.45) is 0 Å². The van der Waals surface area contributed by atoms with Crippen LogP contribution in [0.1, 0.15) is 51.9 Å². The first kappa shape index (κ1) is 25.1. The number of unbranched alkanes of at least 4 members (excludes halogenated alkanes) is 5. The summed E-state index contributed by atoms with van der Waals surface area (Å²) in [7, 11) is 0. The van der Waals surface area contributed by atoms with E-state index in [0.29, 0.717) is 65.9 Å². The monoisotopic (exact) mass is 374 g/mol. The van der Waals surface area contributed by atoms with Gasteiger partial charge in [0.1, 0.15) is 6.61 Å². The zero-order valence-corrected chi connectivity index (χ0v) is 16.5. The van der Waals surface area contributed by atoms with E-state index in [9.17, 15) is 4.79 Å². The maximum atomic E-state index is 11.5. The molecule has 0 spiro atoms. The van der Waals surface area contributed by atoms with Gasteiger partial charge in [-0.1, -0.05) is 45.1 Å². The number of carbonyl (C=O) groups is 1. The van der Waals surface area contributed by atoms with Crippen LogP contribution >= 0.6 is 0 Å². The molecule has 0 N–H and O–H groups in total. The molecule has 0 bridgehead atoms. The molecule has 0 saturated carbocycles. The van der Waals surface area contributed by atoms with Gasteiger partial charge >= 0.3 is 5.97 Å². The molecule has 0 rings (SSSR count). The van der Waals surface area contributed by atoms with Crippen molar-refractivity contribution in [3.63, 3.8) is 0 Å². The minimum atomic E-state index is -0.130. The Morgan fingerprint density at radius 3 is 1.81 bits per heavy atom. The second-order valence-electron chi connectivity index (χ2n) is 5.94. The van der Waals surface area contributed by atoms with E-state index in [2.05, 4.69) is 13.5 Å². The van der Waals surface area contributed by atoms with Crippen LogP contribution in [0.3, 0.4) is 0 Å². The third kappa shape index (κ3) is 21.1. The molecule has 154 valence electrons. The molecule has 0 atom stereocenters. The maximum absolute atomic E-state index is 11.5. The fourth-order valence-corrected chi connectivity index (χ4v) is 2.16. The Labute approximate surface area is 159 Å². The Kier molecular flexibility index (Phi) is 21.3. The summed E-state index contributed by atoms with van der Waals surface area (Å²) in [6.07, 6.45) is 9.23. The normalized spacial score (nSPS) is 10.8. The van der Waals surface area contributed by atoms with Gasteiger partial charge in [-0.05, 0) is 6.42 Å². The van der Waals surface area contributed by atoms with Crippen molar-refractivity contribution in [1.82, 2.24) is 0 Å². The molecule has 26 heavy (non-hydrogen) atoms. The van der Waals surface area contributed by atoms with E-state index in [0.717, 1.165) is 12.8 Å². The second kappa shape index (κ2) is 22.1. The van der Waals surface area contributed by atoms with Gasteiger partial charge in [0, 0.05) is 6.42 Å². The number of ether oxygens (including phenoxy) is 5. The van der Waals surface area contributed by atoms with E-state index in [1.165, 1.54) is 25.7 Å². The van der Waals surface area contributed by atoms with Crippen LogP contribution < -0.4 is 0 Å². The van der Waals surface area contributed by atoms with Crippen molar-refractivity contribution in [2.75, 3.05) is 59.5 Å². The smallest absolute Gasteiger partial charge is 0.305 e. The number of carbonyl (C=O) groups excluding carboxylic acids is 1. The lowest BCUT2D eigenvalue weighted by atomic mass is 10.1. The predicted molar refractivity (Wildman–Crippen MR) is 102 cm³/mol. The summed E-state index contributed by atoms with van der Waals surface area (Å²) in [4.78, 5) is 11.5. The maximum Gasteiger partial charge on any atom is 0.305 e. The topological polar surface area (TPSA) is 63.2 Å². The molecule has 0 aliphatic heterocycles. The lowest BCUT2D eigenvalue weighted by Crippen LogP contribution is -2.14. The molecule has 6 nitrogen and oxygen atoms in total. The van der Waals surface area contributed by atoms with Crippen molar-refractivity contribution in [2.45, 2.75) is 51.9 Å². The van der Waals surface area contributed by atoms with E-state index in [1.54, 1.807) is 6.08 Å². The first-order valence-electron chi connectivity index (χ1n) is 9.88. The van der Waals surface area contributed by atoms with Crippen LogP contribution in [0.25, 0.3) is 0 Å². The second-order valence-corrected chi connectivity index (χ2v) is 5.94. The average Bonchev–Trinajstić information content (AvgIpc) is 2.65. The van der Waals surface area contributed by atoms with Crippen molar-refractivity contribution >= 4 is 5.97 Å². The van der Waals surface area contributed by atoms with Gasteiger partial charge < -0.3 is 23.7 Å². The number of rotatable bonds is 21. The van der Waals surface area contributed by atoms with Crippen LogP contribution in [0.5, 0.6) is 0 Å². The van der Waals surface area contributed by atoms with Gasteiger partial charge in [0.05, 0.1) is 52.9 Å². The van der Waals surface area contributed by atoms with E-state index >= 15 is 0 Å². The lowest BCUT2D eigenvalue weighted by Gasteiger charge is -2.08. The minimum absolute atomic E-state index is 0.130. The molecular formula is C20H38O6. The Bertz CT molecular complexity index is 309. The highest BCUT2D eigenvalue weighted by atomic mass is 16.6. The molecule has 0 amide bonds. The van der Waals surface area contributed by atoms with Crippen molar-refractivity contribution < 1.29 is 28.5 Å². The molecule has 0 unspecified atom stereocenters. The number of esters is 1. The van der Waals surface area contributed by atoms with Crippen LogP contribution in [0.2, 0.25) is 0 Å². The summed E-state index contributed by atoms with van der Waals surface area (Å²) in [6.45, 7) is 10.2. The first-order chi connectivity index (χ1) is 12.8. The van der Waals surface area contributed by atoms with E-state index in [1.807, 2.05) is 0 Å². The van der Waals surface area contributed by atoms with Gasteiger partial charge in [0.15, 0.2) is 0 Å². The van der Waals surface area contributed by atoms with E-state index in [-0.39, 0.29) is 5.97 Å². The summed E-state index contributed by atoms with van der Waals surface area (Å²) in [5.41, 5.74) is 0. The fourth-order valence-electron chi connectivity index (χ4n) is 2.16. The Hall–Kier alpha value is -0.950. The fraction of sp³-hybridized carbons (Fsp3) is 0.850. The van der Waals surface area contributed by atoms with Crippen LogP contribution in [0, 0.1) is 0 Å². The number of hydrogen-bond donors (Lipinski definition) is 0. The summed E-state index contributed by atoms with van der Waals surface area (Å²) < 4.78 is 26.4. The van der Waals surface area contributed by atoms with Gasteiger partial charge in [0.25, 0.3) is 0 Å². The summed E-state index contributed by atoms with van der Waals surface area (Å²) >= 11 is 0. The van der Waals surface area contributed by atoms with Gasteiger partial charge in [-0.25, -0.2) is 0 Å². The van der Waals surface area contributed by atoms with Crippen LogP contribution in [0.15, 0.2) is 12.7 Å². The summed E-state index contributed by atoms with van der Waals surface area (Å²) in [6, 6.07) is 0.